The number of amides is 2. The zero-order chi connectivity index (χ0) is 19.6. The SMILES string of the molecule is Cc1nc(-c2ccccc2)ccc1C(=O)N1CCN(C(=O)C(C)(C)C)CC1. The summed E-state index contributed by atoms with van der Waals surface area (Å²) in [7, 11) is 0. The van der Waals surface area contributed by atoms with Crippen LogP contribution >= 0.6 is 0 Å². The van der Waals surface area contributed by atoms with Crippen LogP contribution in [0, 0.1) is 12.3 Å². The van der Waals surface area contributed by atoms with Crippen molar-refractivity contribution in [2.75, 3.05) is 26.2 Å². The Labute approximate surface area is 161 Å². The van der Waals surface area contributed by atoms with E-state index in [4.69, 9.17) is 0 Å². The molecule has 142 valence electrons. The number of aromatic nitrogens is 1. The minimum Gasteiger partial charge on any atom is -0.339 e. The summed E-state index contributed by atoms with van der Waals surface area (Å²) in [5.74, 6) is 0.127. The molecule has 2 aromatic rings. The fraction of sp³-hybridized carbons (Fsp3) is 0.409. The van der Waals surface area contributed by atoms with E-state index in [-0.39, 0.29) is 17.2 Å². The third-order valence-corrected chi connectivity index (χ3v) is 4.88. The largest absolute Gasteiger partial charge is 0.339 e. The van der Waals surface area contributed by atoms with Gasteiger partial charge in [-0.05, 0) is 19.1 Å². The number of hydrogen-bond acceptors (Lipinski definition) is 3. The first-order valence-corrected chi connectivity index (χ1v) is 9.39. The third-order valence-electron chi connectivity index (χ3n) is 4.88. The number of nitrogens with zero attached hydrogens (tertiary/aromatic N) is 3. The molecule has 2 heterocycles. The third kappa shape index (κ3) is 4.18. The highest BCUT2D eigenvalue weighted by molar-refractivity contribution is 5.95. The molecule has 1 fully saturated rings. The second kappa shape index (κ2) is 7.51. The van der Waals surface area contributed by atoms with Crippen LogP contribution in [0.25, 0.3) is 11.3 Å². The average molecular weight is 365 g/mol. The number of benzene rings is 1. The Morgan fingerprint density at radius 3 is 2.04 bits per heavy atom. The standard InChI is InChI=1S/C22H27N3O2/c1-16-18(10-11-19(23-16)17-8-6-5-7-9-17)20(26)24-12-14-25(15-13-24)21(27)22(2,3)4/h5-11H,12-15H2,1-4H3. The van der Waals surface area contributed by atoms with Crippen LogP contribution in [0.5, 0.6) is 0 Å². The second-order valence-electron chi connectivity index (χ2n) is 8.03. The van der Waals surface area contributed by atoms with Gasteiger partial charge in [0.2, 0.25) is 5.91 Å². The van der Waals surface area contributed by atoms with Crippen molar-refractivity contribution in [2.24, 2.45) is 5.41 Å². The molecule has 2 amide bonds. The van der Waals surface area contributed by atoms with Crippen molar-refractivity contribution in [3.63, 3.8) is 0 Å². The Morgan fingerprint density at radius 2 is 1.48 bits per heavy atom. The van der Waals surface area contributed by atoms with Gasteiger partial charge in [0, 0.05) is 37.2 Å². The highest BCUT2D eigenvalue weighted by Crippen LogP contribution is 2.21. The lowest BCUT2D eigenvalue weighted by Gasteiger charge is -2.37. The summed E-state index contributed by atoms with van der Waals surface area (Å²) in [6, 6.07) is 13.7. The van der Waals surface area contributed by atoms with Gasteiger partial charge in [-0.3, -0.25) is 14.6 Å². The van der Waals surface area contributed by atoms with Gasteiger partial charge in [0.05, 0.1) is 17.0 Å². The zero-order valence-corrected chi connectivity index (χ0v) is 16.5. The fourth-order valence-corrected chi connectivity index (χ4v) is 3.31. The summed E-state index contributed by atoms with van der Waals surface area (Å²) in [6.07, 6.45) is 0. The molecule has 0 atom stereocenters. The van der Waals surface area contributed by atoms with Crippen molar-refractivity contribution in [1.29, 1.82) is 0 Å². The molecule has 5 nitrogen and oxygen atoms in total. The highest BCUT2D eigenvalue weighted by atomic mass is 16.2. The van der Waals surface area contributed by atoms with Crippen LogP contribution in [0.15, 0.2) is 42.5 Å². The maximum atomic E-state index is 12.9. The molecule has 3 rings (SSSR count). The van der Waals surface area contributed by atoms with Crippen LogP contribution < -0.4 is 0 Å². The number of rotatable bonds is 2. The topological polar surface area (TPSA) is 53.5 Å². The predicted octanol–water partition coefficient (Wildman–Crippen LogP) is 3.39. The molecule has 1 saturated heterocycles. The molecule has 1 aromatic heterocycles. The van der Waals surface area contributed by atoms with E-state index < -0.39 is 0 Å². The quantitative estimate of drug-likeness (QED) is 0.820. The van der Waals surface area contributed by atoms with Crippen LogP contribution in [-0.2, 0) is 4.79 Å². The molecule has 0 spiro atoms. The normalized spacial score (nSPS) is 15.0. The van der Waals surface area contributed by atoms with E-state index in [0.29, 0.717) is 31.7 Å². The molecule has 1 aliphatic rings. The van der Waals surface area contributed by atoms with E-state index in [1.54, 1.807) is 0 Å². The summed E-state index contributed by atoms with van der Waals surface area (Å²) >= 11 is 0. The minimum atomic E-state index is -0.389. The summed E-state index contributed by atoms with van der Waals surface area (Å²) in [4.78, 5) is 33.6. The van der Waals surface area contributed by atoms with Crippen molar-refractivity contribution in [3.05, 3.63) is 53.7 Å². The first-order valence-electron chi connectivity index (χ1n) is 9.39. The lowest BCUT2D eigenvalue weighted by Crippen LogP contribution is -2.53. The van der Waals surface area contributed by atoms with Gasteiger partial charge >= 0.3 is 0 Å². The lowest BCUT2D eigenvalue weighted by atomic mass is 9.94. The Balaban J connectivity index is 1.69. The first-order chi connectivity index (χ1) is 12.8. The van der Waals surface area contributed by atoms with Crippen LogP contribution in [0.4, 0.5) is 0 Å². The summed E-state index contributed by atoms with van der Waals surface area (Å²) < 4.78 is 0. The summed E-state index contributed by atoms with van der Waals surface area (Å²) in [5.41, 5.74) is 2.87. The van der Waals surface area contributed by atoms with Crippen molar-refractivity contribution < 1.29 is 9.59 Å². The molecular formula is C22H27N3O2. The molecule has 0 unspecified atom stereocenters. The summed E-state index contributed by atoms with van der Waals surface area (Å²) in [5, 5.41) is 0. The molecule has 1 aliphatic heterocycles. The Bertz CT molecular complexity index is 832. The van der Waals surface area contributed by atoms with Crippen LogP contribution in [0.2, 0.25) is 0 Å². The maximum Gasteiger partial charge on any atom is 0.255 e. The van der Waals surface area contributed by atoms with Crippen LogP contribution in [-0.4, -0.2) is 52.8 Å². The number of piperazine rings is 1. The van der Waals surface area contributed by atoms with E-state index in [0.717, 1.165) is 17.0 Å². The molecule has 5 heteroatoms. The number of pyridine rings is 1. The molecule has 0 aliphatic carbocycles. The van der Waals surface area contributed by atoms with E-state index in [9.17, 15) is 9.59 Å². The predicted molar refractivity (Wildman–Crippen MR) is 106 cm³/mol. The van der Waals surface area contributed by atoms with Crippen molar-refractivity contribution in [2.45, 2.75) is 27.7 Å². The van der Waals surface area contributed by atoms with Crippen molar-refractivity contribution >= 4 is 11.8 Å². The molecule has 1 aromatic carbocycles. The minimum absolute atomic E-state index is 0.0116. The van der Waals surface area contributed by atoms with Gasteiger partial charge in [-0.2, -0.15) is 0 Å². The van der Waals surface area contributed by atoms with Gasteiger partial charge in [-0.1, -0.05) is 51.1 Å². The van der Waals surface area contributed by atoms with Gasteiger partial charge in [0.25, 0.3) is 5.91 Å². The highest BCUT2D eigenvalue weighted by Gasteiger charge is 2.31. The fourth-order valence-electron chi connectivity index (χ4n) is 3.31. The van der Waals surface area contributed by atoms with Gasteiger partial charge in [0.1, 0.15) is 0 Å². The van der Waals surface area contributed by atoms with Gasteiger partial charge in [0.15, 0.2) is 0 Å². The molecule has 0 saturated carbocycles. The van der Waals surface area contributed by atoms with Gasteiger partial charge < -0.3 is 9.80 Å². The Morgan fingerprint density at radius 1 is 0.889 bits per heavy atom. The van der Waals surface area contributed by atoms with E-state index in [1.165, 1.54) is 0 Å². The van der Waals surface area contributed by atoms with Crippen LogP contribution in [0.1, 0.15) is 36.8 Å². The van der Waals surface area contributed by atoms with E-state index in [2.05, 4.69) is 4.98 Å². The number of carbonyl (C=O) groups is 2. The summed E-state index contributed by atoms with van der Waals surface area (Å²) in [6.45, 7) is 9.93. The Kier molecular flexibility index (Phi) is 5.31. The van der Waals surface area contributed by atoms with E-state index in [1.807, 2.05) is 80.0 Å². The first kappa shape index (κ1) is 19.1. The average Bonchev–Trinajstić information content (AvgIpc) is 2.67. The molecular weight excluding hydrogens is 338 g/mol. The number of aryl methyl sites for hydroxylation is 1. The Hall–Kier alpha value is -2.69. The van der Waals surface area contributed by atoms with Crippen molar-refractivity contribution in [1.82, 2.24) is 14.8 Å². The monoisotopic (exact) mass is 365 g/mol. The van der Waals surface area contributed by atoms with Gasteiger partial charge in [-0.25, -0.2) is 0 Å². The maximum absolute atomic E-state index is 12.9. The molecule has 0 bridgehead atoms. The molecule has 0 N–H and O–H groups in total. The van der Waals surface area contributed by atoms with E-state index >= 15 is 0 Å². The number of carbonyl (C=O) groups excluding carboxylic acids is 2. The number of hydrogen-bond donors (Lipinski definition) is 0. The smallest absolute Gasteiger partial charge is 0.255 e. The van der Waals surface area contributed by atoms with Crippen molar-refractivity contribution in [3.8, 4) is 11.3 Å². The van der Waals surface area contributed by atoms with Gasteiger partial charge in [-0.15, -0.1) is 0 Å². The lowest BCUT2D eigenvalue weighted by molar-refractivity contribution is -0.140. The zero-order valence-electron chi connectivity index (χ0n) is 16.5. The second-order valence-corrected chi connectivity index (χ2v) is 8.03. The molecule has 0 radical (unpaired) electrons. The molecule has 27 heavy (non-hydrogen) atoms. The van der Waals surface area contributed by atoms with Crippen LogP contribution in [0.3, 0.4) is 0 Å².